The number of aromatic nitrogens is 2. The third-order valence-corrected chi connectivity index (χ3v) is 2.28. The van der Waals surface area contributed by atoms with Crippen LogP contribution in [0.4, 0.5) is 11.6 Å². The van der Waals surface area contributed by atoms with Crippen molar-refractivity contribution in [2.75, 3.05) is 17.2 Å². The number of furan rings is 1. The van der Waals surface area contributed by atoms with E-state index < -0.39 is 5.97 Å². The van der Waals surface area contributed by atoms with Crippen LogP contribution in [0.2, 0.25) is 0 Å². The molecule has 0 aromatic carbocycles. The first-order chi connectivity index (χ1) is 9.13. The largest absolute Gasteiger partial charge is 0.480 e. The van der Waals surface area contributed by atoms with Gasteiger partial charge in [-0.25, -0.2) is 9.97 Å². The molecule has 0 fully saturated rings. The van der Waals surface area contributed by atoms with Gasteiger partial charge in [-0.15, -0.1) is 0 Å². The Labute approximate surface area is 109 Å². The molecular formula is C12H14N4O3. The fourth-order valence-electron chi connectivity index (χ4n) is 1.51. The van der Waals surface area contributed by atoms with Crippen molar-refractivity contribution in [3.63, 3.8) is 0 Å². The van der Waals surface area contributed by atoms with Gasteiger partial charge in [0.15, 0.2) is 0 Å². The smallest absolute Gasteiger partial charge is 0.322 e. The van der Waals surface area contributed by atoms with Gasteiger partial charge in [0.2, 0.25) is 0 Å². The number of hydrogen-bond donors (Lipinski definition) is 3. The summed E-state index contributed by atoms with van der Waals surface area (Å²) < 4.78 is 5.20. The molecule has 7 nitrogen and oxygen atoms in total. The summed E-state index contributed by atoms with van der Waals surface area (Å²) in [4.78, 5) is 18.8. The van der Waals surface area contributed by atoms with Gasteiger partial charge in [0.1, 0.15) is 29.8 Å². The highest BCUT2D eigenvalue weighted by atomic mass is 16.4. The van der Waals surface area contributed by atoms with E-state index in [1.54, 1.807) is 19.3 Å². The van der Waals surface area contributed by atoms with Gasteiger partial charge in [-0.3, -0.25) is 4.79 Å². The van der Waals surface area contributed by atoms with Crippen LogP contribution in [0, 0.1) is 6.92 Å². The molecule has 0 aliphatic heterocycles. The second-order valence-electron chi connectivity index (χ2n) is 3.87. The minimum atomic E-state index is -0.943. The SMILES string of the molecule is Cc1nc(NCC(=O)O)cc(NCc2ccco2)n1. The Morgan fingerprint density at radius 1 is 1.37 bits per heavy atom. The van der Waals surface area contributed by atoms with Crippen LogP contribution in [0.3, 0.4) is 0 Å². The molecule has 19 heavy (non-hydrogen) atoms. The lowest BCUT2D eigenvalue weighted by Gasteiger charge is -2.08. The van der Waals surface area contributed by atoms with Crippen LogP contribution in [0.1, 0.15) is 11.6 Å². The summed E-state index contributed by atoms with van der Waals surface area (Å²) >= 11 is 0. The number of carbonyl (C=O) groups is 1. The summed E-state index contributed by atoms with van der Waals surface area (Å²) in [7, 11) is 0. The van der Waals surface area contributed by atoms with Crippen molar-refractivity contribution in [1.82, 2.24) is 9.97 Å². The molecule has 0 spiro atoms. The zero-order chi connectivity index (χ0) is 13.7. The summed E-state index contributed by atoms with van der Waals surface area (Å²) in [5, 5.41) is 14.4. The lowest BCUT2D eigenvalue weighted by Crippen LogP contribution is -2.14. The van der Waals surface area contributed by atoms with Crippen molar-refractivity contribution in [1.29, 1.82) is 0 Å². The van der Waals surface area contributed by atoms with Gasteiger partial charge in [-0.1, -0.05) is 0 Å². The lowest BCUT2D eigenvalue weighted by molar-refractivity contribution is -0.134. The van der Waals surface area contributed by atoms with Crippen LogP contribution in [-0.2, 0) is 11.3 Å². The Balaban J connectivity index is 2.01. The second-order valence-corrected chi connectivity index (χ2v) is 3.87. The molecule has 2 aromatic heterocycles. The van der Waals surface area contributed by atoms with Crippen molar-refractivity contribution in [3.05, 3.63) is 36.0 Å². The average molecular weight is 262 g/mol. The minimum Gasteiger partial charge on any atom is -0.480 e. The fourth-order valence-corrected chi connectivity index (χ4v) is 1.51. The molecule has 0 atom stereocenters. The van der Waals surface area contributed by atoms with Crippen molar-refractivity contribution in [3.8, 4) is 0 Å². The molecule has 2 aromatic rings. The molecule has 7 heteroatoms. The number of rotatable bonds is 6. The van der Waals surface area contributed by atoms with Crippen molar-refractivity contribution in [2.24, 2.45) is 0 Å². The van der Waals surface area contributed by atoms with E-state index in [1.807, 2.05) is 12.1 Å². The number of carboxylic acids is 1. The van der Waals surface area contributed by atoms with Gasteiger partial charge in [-0.05, 0) is 19.1 Å². The highest BCUT2D eigenvalue weighted by Crippen LogP contribution is 2.12. The maximum absolute atomic E-state index is 10.5. The van der Waals surface area contributed by atoms with E-state index in [4.69, 9.17) is 9.52 Å². The van der Waals surface area contributed by atoms with Gasteiger partial charge in [0.05, 0.1) is 12.8 Å². The molecule has 0 aliphatic carbocycles. The molecule has 0 unspecified atom stereocenters. The van der Waals surface area contributed by atoms with Crippen LogP contribution in [0.15, 0.2) is 28.9 Å². The predicted molar refractivity (Wildman–Crippen MR) is 68.9 cm³/mol. The van der Waals surface area contributed by atoms with Gasteiger partial charge in [-0.2, -0.15) is 0 Å². The molecule has 0 saturated heterocycles. The van der Waals surface area contributed by atoms with Crippen LogP contribution in [0.25, 0.3) is 0 Å². The molecule has 100 valence electrons. The summed E-state index contributed by atoms with van der Waals surface area (Å²) in [5.74, 6) is 1.48. The zero-order valence-corrected chi connectivity index (χ0v) is 10.4. The predicted octanol–water partition coefficient (Wildman–Crippen LogP) is 1.49. The summed E-state index contributed by atoms with van der Waals surface area (Å²) in [6.07, 6.45) is 1.60. The van der Waals surface area contributed by atoms with E-state index in [1.165, 1.54) is 0 Å². The van der Waals surface area contributed by atoms with Crippen LogP contribution >= 0.6 is 0 Å². The first-order valence-electron chi connectivity index (χ1n) is 5.71. The second kappa shape index (κ2) is 5.85. The third-order valence-electron chi connectivity index (χ3n) is 2.28. The average Bonchev–Trinajstić information content (AvgIpc) is 2.86. The molecule has 2 rings (SSSR count). The summed E-state index contributed by atoms with van der Waals surface area (Å²) in [5.41, 5.74) is 0. The molecular weight excluding hydrogens is 248 g/mol. The summed E-state index contributed by atoms with van der Waals surface area (Å²) in [6, 6.07) is 5.31. The number of aryl methyl sites for hydroxylation is 1. The Morgan fingerprint density at radius 2 is 2.11 bits per heavy atom. The van der Waals surface area contributed by atoms with E-state index in [0.717, 1.165) is 5.76 Å². The van der Waals surface area contributed by atoms with Gasteiger partial charge < -0.3 is 20.2 Å². The maximum atomic E-state index is 10.5. The molecule has 0 radical (unpaired) electrons. The molecule has 0 aliphatic rings. The zero-order valence-electron chi connectivity index (χ0n) is 10.4. The lowest BCUT2D eigenvalue weighted by atomic mass is 10.4. The molecule has 2 heterocycles. The molecule has 0 amide bonds. The maximum Gasteiger partial charge on any atom is 0.322 e. The van der Waals surface area contributed by atoms with Gasteiger partial charge in [0.25, 0.3) is 0 Å². The first kappa shape index (κ1) is 12.9. The highest BCUT2D eigenvalue weighted by molar-refractivity contribution is 5.72. The number of nitrogens with one attached hydrogen (secondary N) is 2. The topological polar surface area (TPSA) is 100 Å². The van der Waals surface area contributed by atoms with Crippen LogP contribution in [0.5, 0.6) is 0 Å². The molecule has 0 bridgehead atoms. The van der Waals surface area contributed by atoms with E-state index in [-0.39, 0.29) is 6.54 Å². The Hall–Kier alpha value is -2.57. The highest BCUT2D eigenvalue weighted by Gasteiger charge is 2.04. The Bertz CT molecular complexity index is 554. The number of aliphatic carboxylic acids is 1. The van der Waals surface area contributed by atoms with Crippen molar-refractivity contribution < 1.29 is 14.3 Å². The van der Waals surface area contributed by atoms with Gasteiger partial charge >= 0.3 is 5.97 Å². The van der Waals surface area contributed by atoms with Crippen molar-refractivity contribution in [2.45, 2.75) is 13.5 Å². The number of anilines is 2. The Morgan fingerprint density at radius 3 is 2.74 bits per heavy atom. The normalized spacial score (nSPS) is 10.2. The first-order valence-corrected chi connectivity index (χ1v) is 5.71. The monoisotopic (exact) mass is 262 g/mol. The number of hydrogen-bond acceptors (Lipinski definition) is 6. The van der Waals surface area contributed by atoms with Crippen molar-refractivity contribution >= 4 is 17.6 Å². The number of carboxylic acid groups (broad SMARTS) is 1. The quantitative estimate of drug-likeness (QED) is 0.725. The molecule has 3 N–H and O–H groups in total. The third kappa shape index (κ3) is 3.98. The van der Waals surface area contributed by atoms with Gasteiger partial charge in [0, 0.05) is 6.07 Å². The van der Waals surface area contributed by atoms with E-state index in [9.17, 15) is 4.79 Å². The number of nitrogens with zero attached hydrogens (tertiary/aromatic N) is 2. The van der Waals surface area contributed by atoms with E-state index in [2.05, 4.69) is 20.6 Å². The van der Waals surface area contributed by atoms with Crippen LogP contribution in [-0.4, -0.2) is 27.6 Å². The Kier molecular flexibility index (Phi) is 3.97. The minimum absolute atomic E-state index is 0.186. The molecule has 0 saturated carbocycles. The summed E-state index contributed by atoms with van der Waals surface area (Å²) in [6.45, 7) is 2.06. The standard InChI is InChI=1S/C12H14N4O3/c1-8-15-10(13-6-9-3-2-4-19-9)5-11(16-8)14-7-12(17)18/h2-5H,6-7H2,1H3,(H,17,18)(H2,13,14,15,16). The van der Waals surface area contributed by atoms with E-state index in [0.29, 0.717) is 24.0 Å². The fraction of sp³-hybridized carbons (Fsp3) is 0.250. The van der Waals surface area contributed by atoms with Crippen LogP contribution < -0.4 is 10.6 Å². The van der Waals surface area contributed by atoms with E-state index >= 15 is 0 Å².